The molecule has 2 heterocycles. The Hall–Kier alpha value is -2.78. The van der Waals surface area contributed by atoms with Crippen LogP contribution in [0.25, 0.3) is 0 Å². The van der Waals surface area contributed by atoms with Crippen LogP contribution in [0.2, 0.25) is 0 Å². The Bertz CT molecular complexity index is 917. The molecule has 1 aliphatic heterocycles. The highest BCUT2D eigenvalue weighted by molar-refractivity contribution is 8.01. The standard InChI is InChI=1S/C17H14N4O3S2/c22-15(18-12-6-7-13-14(8-12)24-10-23-13)9-25-17-21-20-16(26-17)19-11-4-2-1-3-5-11/h1-8H,9-10H2,(H,18,22)(H,19,20). The van der Waals surface area contributed by atoms with Gasteiger partial charge in [-0.25, -0.2) is 0 Å². The number of anilines is 3. The zero-order valence-electron chi connectivity index (χ0n) is 13.5. The van der Waals surface area contributed by atoms with Gasteiger partial charge in [0.15, 0.2) is 15.8 Å². The van der Waals surface area contributed by atoms with E-state index in [0.29, 0.717) is 22.3 Å². The van der Waals surface area contributed by atoms with E-state index in [1.165, 1.54) is 23.1 Å². The van der Waals surface area contributed by atoms with Crippen molar-refractivity contribution in [3.8, 4) is 11.5 Å². The highest BCUT2D eigenvalue weighted by atomic mass is 32.2. The number of rotatable bonds is 6. The highest BCUT2D eigenvalue weighted by Crippen LogP contribution is 2.34. The molecule has 132 valence electrons. The maximum Gasteiger partial charge on any atom is 0.234 e. The number of nitrogens with one attached hydrogen (secondary N) is 2. The van der Waals surface area contributed by atoms with E-state index in [1.54, 1.807) is 18.2 Å². The van der Waals surface area contributed by atoms with Crippen LogP contribution in [-0.4, -0.2) is 28.7 Å². The van der Waals surface area contributed by atoms with E-state index in [0.717, 1.165) is 10.0 Å². The Morgan fingerprint density at radius 1 is 1.08 bits per heavy atom. The number of benzene rings is 2. The number of nitrogens with zero attached hydrogens (tertiary/aromatic N) is 2. The van der Waals surface area contributed by atoms with Gasteiger partial charge in [-0.1, -0.05) is 41.3 Å². The van der Waals surface area contributed by atoms with Crippen LogP contribution in [0, 0.1) is 0 Å². The molecular formula is C17H14N4O3S2. The van der Waals surface area contributed by atoms with Gasteiger partial charge in [-0.3, -0.25) is 4.79 Å². The highest BCUT2D eigenvalue weighted by Gasteiger charge is 2.14. The number of amides is 1. The van der Waals surface area contributed by atoms with E-state index in [9.17, 15) is 4.79 Å². The minimum Gasteiger partial charge on any atom is -0.454 e. The Morgan fingerprint density at radius 3 is 2.81 bits per heavy atom. The Kier molecular flexibility index (Phi) is 4.89. The summed E-state index contributed by atoms with van der Waals surface area (Å²) in [5.41, 5.74) is 1.62. The number of aromatic nitrogens is 2. The first-order valence-electron chi connectivity index (χ1n) is 7.74. The number of para-hydroxylation sites is 1. The normalized spacial score (nSPS) is 12.0. The van der Waals surface area contributed by atoms with E-state index in [-0.39, 0.29) is 18.5 Å². The van der Waals surface area contributed by atoms with Gasteiger partial charge in [0.2, 0.25) is 17.8 Å². The third-order valence-corrected chi connectivity index (χ3v) is 5.39. The fraction of sp³-hybridized carbons (Fsp3) is 0.118. The monoisotopic (exact) mass is 386 g/mol. The molecule has 0 aliphatic carbocycles. The summed E-state index contributed by atoms with van der Waals surface area (Å²) < 4.78 is 11.3. The number of hydrogen-bond donors (Lipinski definition) is 2. The molecule has 7 nitrogen and oxygen atoms in total. The van der Waals surface area contributed by atoms with Crippen molar-refractivity contribution < 1.29 is 14.3 Å². The first-order valence-corrected chi connectivity index (χ1v) is 9.54. The lowest BCUT2D eigenvalue weighted by molar-refractivity contribution is -0.113. The molecule has 2 N–H and O–H groups in total. The molecule has 9 heteroatoms. The molecule has 26 heavy (non-hydrogen) atoms. The van der Waals surface area contributed by atoms with E-state index < -0.39 is 0 Å². The molecule has 3 aromatic rings. The van der Waals surface area contributed by atoms with Crippen molar-refractivity contribution in [3.05, 3.63) is 48.5 Å². The largest absolute Gasteiger partial charge is 0.454 e. The topological polar surface area (TPSA) is 85.4 Å². The summed E-state index contributed by atoms with van der Waals surface area (Å²) in [5.74, 6) is 1.44. The van der Waals surface area contributed by atoms with Crippen molar-refractivity contribution >= 4 is 45.5 Å². The van der Waals surface area contributed by atoms with Crippen molar-refractivity contribution in [2.75, 3.05) is 23.2 Å². The Labute approximate surface area is 157 Å². The van der Waals surface area contributed by atoms with Gasteiger partial charge in [-0.05, 0) is 24.3 Å². The van der Waals surface area contributed by atoms with Crippen LogP contribution in [0.5, 0.6) is 11.5 Å². The Balaban J connectivity index is 1.29. The molecule has 0 saturated heterocycles. The number of carbonyl (C=O) groups excluding carboxylic acids is 1. The third-order valence-electron chi connectivity index (χ3n) is 3.41. The van der Waals surface area contributed by atoms with Gasteiger partial charge in [0, 0.05) is 17.4 Å². The predicted molar refractivity (Wildman–Crippen MR) is 102 cm³/mol. The van der Waals surface area contributed by atoms with E-state index in [1.807, 2.05) is 30.3 Å². The smallest absolute Gasteiger partial charge is 0.234 e. The zero-order chi connectivity index (χ0) is 17.8. The molecule has 1 aliphatic rings. The van der Waals surface area contributed by atoms with E-state index in [2.05, 4.69) is 20.8 Å². The first kappa shape index (κ1) is 16.7. The van der Waals surface area contributed by atoms with Crippen molar-refractivity contribution in [1.29, 1.82) is 0 Å². The molecule has 0 atom stereocenters. The summed E-state index contributed by atoms with van der Waals surface area (Å²) in [7, 11) is 0. The predicted octanol–water partition coefficient (Wildman–Crippen LogP) is 3.74. The average molecular weight is 386 g/mol. The quantitative estimate of drug-likeness (QED) is 0.624. The van der Waals surface area contributed by atoms with Gasteiger partial charge in [-0.2, -0.15) is 0 Å². The molecule has 0 spiro atoms. The van der Waals surface area contributed by atoms with Gasteiger partial charge in [0.1, 0.15) is 0 Å². The molecule has 2 aromatic carbocycles. The van der Waals surface area contributed by atoms with Gasteiger partial charge in [0.25, 0.3) is 0 Å². The molecule has 1 aromatic heterocycles. The molecule has 0 saturated carbocycles. The van der Waals surface area contributed by atoms with Gasteiger partial charge in [0.05, 0.1) is 5.75 Å². The fourth-order valence-electron chi connectivity index (χ4n) is 2.26. The molecule has 0 radical (unpaired) electrons. The van der Waals surface area contributed by atoms with Crippen LogP contribution < -0.4 is 20.1 Å². The molecule has 0 fully saturated rings. The van der Waals surface area contributed by atoms with Crippen LogP contribution in [0.4, 0.5) is 16.5 Å². The maximum absolute atomic E-state index is 12.1. The summed E-state index contributed by atoms with van der Waals surface area (Å²) in [4.78, 5) is 12.1. The Morgan fingerprint density at radius 2 is 1.92 bits per heavy atom. The van der Waals surface area contributed by atoms with Crippen molar-refractivity contribution in [2.24, 2.45) is 0 Å². The van der Waals surface area contributed by atoms with Crippen molar-refractivity contribution in [3.63, 3.8) is 0 Å². The van der Waals surface area contributed by atoms with E-state index >= 15 is 0 Å². The van der Waals surface area contributed by atoms with Crippen LogP contribution in [0.1, 0.15) is 0 Å². The van der Waals surface area contributed by atoms with E-state index in [4.69, 9.17) is 9.47 Å². The second-order valence-electron chi connectivity index (χ2n) is 5.27. The second-order valence-corrected chi connectivity index (χ2v) is 7.47. The van der Waals surface area contributed by atoms with Gasteiger partial charge in [-0.15, -0.1) is 10.2 Å². The average Bonchev–Trinajstić information content (AvgIpc) is 3.29. The summed E-state index contributed by atoms with van der Waals surface area (Å²) >= 11 is 2.75. The number of hydrogen-bond acceptors (Lipinski definition) is 8. The summed E-state index contributed by atoms with van der Waals surface area (Å²) in [6, 6.07) is 15.0. The van der Waals surface area contributed by atoms with Crippen LogP contribution in [0.3, 0.4) is 0 Å². The van der Waals surface area contributed by atoms with Gasteiger partial charge < -0.3 is 20.1 Å². The minimum absolute atomic E-state index is 0.123. The number of ether oxygens (including phenoxy) is 2. The minimum atomic E-state index is -0.123. The van der Waals surface area contributed by atoms with Crippen LogP contribution >= 0.6 is 23.1 Å². The summed E-state index contributed by atoms with van der Waals surface area (Å²) in [5, 5.41) is 14.9. The zero-order valence-corrected chi connectivity index (χ0v) is 15.1. The molecule has 4 rings (SSSR count). The maximum atomic E-state index is 12.1. The van der Waals surface area contributed by atoms with Crippen molar-refractivity contribution in [1.82, 2.24) is 10.2 Å². The molecule has 1 amide bonds. The molecule has 0 bridgehead atoms. The summed E-state index contributed by atoms with van der Waals surface area (Å²) in [6.07, 6.45) is 0. The number of thioether (sulfide) groups is 1. The van der Waals surface area contributed by atoms with Crippen molar-refractivity contribution in [2.45, 2.75) is 4.34 Å². The molecule has 0 unspecified atom stereocenters. The number of fused-ring (bicyclic) bond motifs is 1. The third kappa shape index (κ3) is 4.06. The lowest BCUT2D eigenvalue weighted by Crippen LogP contribution is -2.13. The van der Waals surface area contributed by atoms with Gasteiger partial charge >= 0.3 is 0 Å². The lowest BCUT2D eigenvalue weighted by Gasteiger charge is -2.05. The second kappa shape index (κ2) is 7.63. The fourth-order valence-corrected chi connectivity index (χ4v) is 3.83. The summed E-state index contributed by atoms with van der Waals surface area (Å²) in [6.45, 7) is 0.207. The first-order chi connectivity index (χ1) is 12.8. The lowest BCUT2D eigenvalue weighted by atomic mass is 10.3. The van der Waals surface area contributed by atoms with Crippen LogP contribution in [0.15, 0.2) is 52.9 Å². The molecular weight excluding hydrogens is 372 g/mol. The SMILES string of the molecule is O=C(CSc1nnc(Nc2ccccc2)s1)Nc1ccc2c(c1)OCO2. The number of carbonyl (C=O) groups is 1. The van der Waals surface area contributed by atoms with Crippen LogP contribution in [-0.2, 0) is 4.79 Å².